The van der Waals surface area contributed by atoms with Crippen molar-refractivity contribution in [2.45, 2.75) is 12.5 Å². The second-order valence-electron chi connectivity index (χ2n) is 5.23. The maximum absolute atomic E-state index is 11.7. The maximum Gasteiger partial charge on any atom is 0.328 e. The summed E-state index contributed by atoms with van der Waals surface area (Å²) in [5, 5.41) is 12.7. The van der Waals surface area contributed by atoms with Crippen molar-refractivity contribution in [2.75, 3.05) is 41.4 Å². The molecule has 1 aromatic rings. The summed E-state index contributed by atoms with van der Waals surface area (Å²) in [5.41, 5.74) is -0.568. The van der Waals surface area contributed by atoms with Gasteiger partial charge in [0.2, 0.25) is 0 Å². The third kappa shape index (κ3) is 4.09. The molecule has 1 atom stereocenters. The van der Waals surface area contributed by atoms with Crippen LogP contribution in [0.2, 0.25) is 0 Å². The number of hydrogen-bond acceptors (Lipinski definition) is 5. The number of carboxylic acid groups (broad SMARTS) is 1. The van der Waals surface area contributed by atoms with Crippen LogP contribution in [0.1, 0.15) is 12.5 Å². The van der Waals surface area contributed by atoms with Crippen LogP contribution in [0.4, 0.5) is 0 Å². The molecule has 0 heterocycles. The molecule has 21 heavy (non-hydrogen) atoms. The number of likely N-dealkylation sites (N-methyl/N-ethyl adjacent to an activating group) is 1. The van der Waals surface area contributed by atoms with E-state index in [1.54, 1.807) is 32.2 Å². The number of methoxy groups -OCH3 is 2. The summed E-state index contributed by atoms with van der Waals surface area (Å²) in [4.78, 5) is 13.7. The second kappa shape index (κ2) is 7.28. The minimum Gasteiger partial charge on any atom is -0.493 e. The molecule has 6 heteroatoms. The fourth-order valence-electron chi connectivity index (χ4n) is 1.98. The molecule has 1 aromatic carbocycles. The van der Waals surface area contributed by atoms with Gasteiger partial charge in [-0.3, -0.25) is 5.32 Å². The van der Waals surface area contributed by atoms with E-state index in [1.165, 1.54) is 7.11 Å². The van der Waals surface area contributed by atoms with E-state index in [1.807, 2.05) is 19.0 Å². The van der Waals surface area contributed by atoms with Crippen molar-refractivity contribution in [1.29, 1.82) is 0 Å². The minimum atomic E-state index is -1.18. The lowest BCUT2D eigenvalue weighted by molar-refractivity contribution is -0.144. The number of rotatable bonds is 8. The van der Waals surface area contributed by atoms with Gasteiger partial charge in [-0.25, -0.2) is 4.79 Å². The molecule has 0 aliphatic carbocycles. The normalized spacial score (nSPS) is 13.8. The van der Waals surface area contributed by atoms with Crippen LogP contribution in [0.15, 0.2) is 18.2 Å². The van der Waals surface area contributed by atoms with E-state index in [0.717, 1.165) is 6.54 Å². The summed E-state index contributed by atoms with van der Waals surface area (Å²) in [5.74, 6) is 0.146. The van der Waals surface area contributed by atoms with E-state index >= 15 is 0 Å². The van der Waals surface area contributed by atoms with Gasteiger partial charge in [-0.2, -0.15) is 0 Å². The van der Waals surface area contributed by atoms with Crippen LogP contribution in [0, 0.1) is 0 Å². The van der Waals surface area contributed by atoms with Gasteiger partial charge in [0.05, 0.1) is 14.2 Å². The molecule has 0 saturated carbocycles. The molecule has 0 aliphatic rings. The Hall–Kier alpha value is -1.79. The van der Waals surface area contributed by atoms with Gasteiger partial charge in [0.1, 0.15) is 5.54 Å². The lowest BCUT2D eigenvalue weighted by Gasteiger charge is -2.28. The molecule has 118 valence electrons. The monoisotopic (exact) mass is 296 g/mol. The average Bonchev–Trinajstić information content (AvgIpc) is 2.45. The first kappa shape index (κ1) is 17.3. The molecule has 1 rings (SSSR count). The number of hydrogen-bond donors (Lipinski definition) is 2. The van der Waals surface area contributed by atoms with Crippen LogP contribution < -0.4 is 14.8 Å². The number of benzene rings is 1. The van der Waals surface area contributed by atoms with Crippen molar-refractivity contribution < 1.29 is 19.4 Å². The van der Waals surface area contributed by atoms with Crippen molar-refractivity contribution in [3.8, 4) is 11.5 Å². The molecule has 2 N–H and O–H groups in total. The first-order valence-corrected chi connectivity index (χ1v) is 6.70. The van der Waals surface area contributed by atoms with Crippen LogP contribution in [-0.2, 0) is 10.3 Å². The molecule has 0 fully saturated rings. The lowest BCUT2D eigenvalue weighted by atomic mass is 9.91. The molecule has 0 amide bonds. The zero-order chi connectivity index (χ0) is 16.0. The predicted molar refractivity (Wildman–Crippen MR) is 81.1 cm³/mol. The first-order valence-electron chi connectivity index (χ1n) is 6.70. The van der Waals surface area contributed by atoms with Gasteiger partial charge < -0.3 is 19.5 Å². The molecule has 6 nitrogen and oxygen atoms in total. The molecule has 0 aliphatic heterocycles. The smallest absolute Gasteiger partial charge is 0.328 e. The van der Waals surface area contributed by atoms with Crippen molar-refractivity contribution in [1.82, 2.24) is 10.2 Å². The number of aliphatic carboxylic acids is 1. The Morgan fingerprint density at radius 3 is 2.38 bits per heavy atom. The highest BCUT2D eigenvalue weighted by Crippen LogP contribution is 2.32. The Kier molecular flexibility index (Phi) is 5.99. The number of carboxylic acids is 1. The van der Waals surface area contributed by atoms with Gasteiger partial charge in [0.25, 0.3) is 0 Å². The van der Waals surface area contributed by atoms with E-state index in [-0.39, 0.29) is 0 Å². The molecule has 0 spiro atoms. The predicted octanol–water partition coefficient (Wildman–Crippen LogP) is 1.15. The average molecular weight is 296 g/mol. The Morgan fingerprint density at radius 1 is 1.29 bits per heavy atom. The first-order chi connectivity index (χ1) is 9.85. The van der Waals surface area contributed by atoms with Crippen LogP contribution >= 0.6 is 0 Å². The zero-order valence-corrected chi connectivity index (χ0v) is 13.3. The maximum atomic E-state index is 11.7. The van der Waals surface area contributed by atoms with Gasteiger partial charge in [0.15, 0.2) is 11.5 Å². The quantitative estimate of drug-likeness (QED) is 0.750. The van der Waals surface area contributed by atoms with Crippen molar-refractivity contribution in [3.05, 3.63) is 23.8 Å². The van der Waals surface area contributed by atoms with E-state index in [2.05, 4.69) is 5.32 Å². The molecule has 0 radical (unpaired) electrons. The highest BCUT2D eigenvalue weighted by Gasteiger charge is 2.35. The lowest BCUT2D eigenvalue weighted by Crippen LogP contribution is -2.48. The van der Waals surface area contributed by atoms with Crippen molar-refractivity contribution in [3.63, 3.8) is 0 Å². The number of ether oxygens (including phenoxy) is 2. The Labute approximate surface area is 125 Å². The van der Waals surface area contributed by atoms with E-state index in [4.69, 9.17) is 9.47 Å². The topological polar surface area (TPSA) is 71.0 Å². The number of nitrogens with zero attached hydrogens (tertiary/aromatic N) is 1. The van der Waals surface area contributed by atoms with Gasteiger partial charge in [-0.05, 0) is 38.7 Å². The molecule has 0 bridgehead atoms. The summed E-state index contributed by atoms with van der Waals surface area (Å²) >= 11 is 0. The fraction of sp³-hybridized carbons (Fsp3) is 0.533. The van der Waals surface area contributed by atoms with Crippen LogP contribution in [-0.4, -0.2) is 57.4 Å². The molecule has 1 unspecified atom stereocenters. The molecular formula is C15H24N2O4. The van der Waals surface area contributed by atoms with Crippen LogP contribution in [0.25, 0.3) is 0 Å². The van der Waals surface area contributed by atoms with Gasteiger partial charge in [-0.15, -0.1) is 0 Å². The molecule has 0 saturated heterocycles. The summed E-state index contributed by atoms with van der Waals surface area (Å²) in [7, 11) is 6.95. The third-order valence-corrected chi connectivity index (χ3v) is 3.43. The van der Waals surface area contributed by atoms with Crippen molar-refractivity contribution in [2.24, 2.45) is 0 Å². The Morgan fingerprint density at radius 2 is 1.90 bits per heavy atom. The molecular weight excluding hydrogens is 272 g/mol. The summed E-state index contributed by atoms with van der Waals surface area (Å²) in [6.07, 6.45) is 0. The van der Waals surface area contributed by atoms with Crippen LogP contribution in [0.5, 0.6) is 11.5 Å². The van der Waals surface area contributed by atoms with E-state index < -0.39 is 11.5 Å². The largest absolute Gasteiger partial charge is 0.493 e. The Balaban J connectivity index is 3.07. The SMILES string of the molecule is COc1ccc(C(C)(NCCN(C)C)C(=O)O)cc1OC. The minimum absolute atomic E-state index is 0.511. The van der Waals surface area contributed by atoms with Crippen LogP contribution in [0.3, 0.4) is 0 Å². The zero-order valence-electron chi connectivity index (χ0n) is 13.3. The summed E-state index contributed by atoms with van der Waals surface area (Å²) < 4.78 is 10.4. The Bertz CT molecular complexity index is 491. The standard InChI is InChI=1S/C15H24N2O4/c1-15(14(18)19,16-8-9-17(2)3)11-6-7-12(20-4)13(10-11)21-5/h6-7,10,16H,8-9H2,1-5H3,(H,18,19). The summed E-state index contributed by atoms with van der Waals surface area (Å²) in [6, 6.07) is 5.14. The highest BCUT2D eigenvalue weighted by atomic mass is 16.5. The third-order valence-electron chi connectivity index (χ3n) is 3.43. The van der Waals surface area contributed by atoms with Gasteiger partial charge in [-0.1, -0.05) is 6.07 Å². The molecule has 0 aromatic heterocycles. The fourth-order valence-corrected chi connectivity index (χ4v) is 1.98. The van der Waals surface area contributed by atoms with E-state index in [0.29, 0.717) is 23.6 Å². The number of carbonyl (C=O) groups is 1. The summed E-state index contributed by atoms with van der Waals surface area (Å²) in [6.45, 7) is 2.95. The number of nitrogens with one attached hydrogen (secondary N) is 1. The van der Waals surface area contributed by atoms with Crippen molar-refractivity contribution >= 4 is 5.97 Å². The highest BCUT2D eigenvalue weighted by molar-refractivity contribution is 5.80. The van der Waals surface area contributed by atoms with Gasteiger partial charge in [0, 0.05) is 13.1 Å². The van der Waals surface area contributed by atoms with E-state index in [9.17, 15) is 9.90 Å². The second-order valence-corrected chi connectivity index (χ2v) is 5.23. The van der Waals surface area contributed by atoms with Gasteiger partial charge >= 0.3 is 5.97 Å².